The fraction of sp³-hybridized carbons (Fsp3) is 0.769. The normalized spacial score (nSPS) is 26.6. The molecule has 2 unspecified atom stereocenters. The van der Waals surface area contributed by atoms with Gasteiger partial charge in [-0.2, -0.15) is 15.0 Å². The minimum atomic E-state index is 0.0693. The average molecular weight is 298 g/mol. The smallest absolute Gasteiger partial charge is 0.231 e. The first-order valence-electron chi connectivity index (χ1n) is 7.23. The number of halogens is 1. The lowest BCUT2D eigenvalue weighted by atomic mass is 10.0. The van der Waals surface area contributed by atoms with E-state index in [9.17, 15) is 5.11 Å². The van der Waals surface area contributed by atoms with Crippen LogP contribution in [-0.2, 0) is 0 Å². The van der Waals surface area contributed by atoms with Gasteiger partial charge in [0.05, 0.1) is 12.6 Å². The summed E-state index contributed by atoms with van der Waals surface area (Å²) in [7, 11) is 0. The first kappa shape index (κ1) is 13.8. The van der Waals surface area contributed by atoms with E-state index >= 15 is 0 Å². The van der Waals surface area contributed by atoms with Gasteiger partial charge in [-0.25, -0.2) is 0 Å². The van der Waals surface area contributed by atoms with Crippen molar-refractivity contribution in [2.45, 2.75) is 32.2 Å². The number of aliphatic hydroxyl groups excluding tert-OH is 1. The van der Waals surface area contributed by atoms with E-state index in [0.717, 1.165) is 26.1 Å². The van der Waals surface area contributed by atoms with Crippen LogP contribution in [0.2, 0.25) is 5.28 Å². The summed E-state index contributed by atoms with van der Waals surface area (Å²) >= 11 is 6.06. The molecule has 2 saturated heterocycles. The second-order valence-corrected chi connectivity index (χ2v) is 5.95. The van der Waals surface area contributed by atoms with Gasteiger partial charge in [0, 0.05) is 19.6 Å². The molecule has 2 atom stereocenters. The van der Waals surface area contributed by atoms with Crippen molar-refractivity contribution in [2.24, 2.45) is 5.92 Å². The summed E-state index contributed by atoms with van der Waals surface area (Å²) in [5.74, 6) is 1.69. The molecule has 2 fully saturated rings. The Kier molecular flexibility index (Phi) is 3.94. The molecule has 20 heavy (non-hydrogen) atoms. The van der Waals surface area contributed by atoms with E-state index < -0.39 is 0 Å². The lowest BCUT2D eigenvalue weighted by molar-refractivity contribution is 0.244. The Morgan fingerprint density at radius 1 is 1.15 bits per heavy atom. The molecule has 0 spiro atoms. The standard InChI is InChI=1S/C13H20ClN5O/c1-9-4-7-19(10(9)8-20)13-16-11(14)15-12(17-13)18-5-2-3-6-18/h9-10,20H,2-8H2,1H3. The van der Waals surface area contributed by atoms with Crippen molar-refractivity contribution in [2.75, 3.05) is 36.0 Å². The van der Waals surface area contributed by atoms with Crippen molar-refractivity contribution >= 4 is 23.5 Å². The van der Waals surface area contributed by atoms with Crippen molar-refractivity contribution in [3.05, 3.63) is 5.28 Å². The largest absolute Gasteiger partial charge is 0.394 e. The van der Waals surface area contributed by atoms with Crippen LogP contribution in [0.4, 0.5) is 11.9 Å². The maximum Gasteiger partial charge on any atom is 0.231 e. The van der Waals surface area contributed by atoms with Crippen molar-refractivity contribution < 1.29 is 5.11 Å². The molecule has 0 amide bonds. The molecule has 110 valence electrons. The van der Waals surface area contributed by atoms with Crippen LogP contribution in [0.3, 0.4) is 0 Å². The third-order valence-electron chi connectivity index (χ3n) is 4.30. The molecule has 0 aromatic carbocycles. The third kappa shape index (κ3) is 2.54. The van der Waals surface area contributed by atoms with E-state index in [1.165, 1.54) is 12.8 Å². The van der Waals surface area contributed by atoms with Crippen LogP contribution in [-0.4, -0.2) is 52.3 Å². The summed E-state index contributed by atoms with van der Waals surface area (Å²) in [6, 6.07) is 0.0693. The second kappa shape index (κ2) is 5.69. The molecule has 3 heterocycles. The summed E-state index contributed by atoms with van der Waals surface area (Å²) < 4.78 is 0. The summed E-state index contributed by atoms with van der Waals surface area (Å²) in [6.07, 6.45) is 3.37. The van der Waals surface area contributed by atoms with Gasteiger partial charge in [-0.1, -0.05) is 6.92 Å². The zero-order chi connectivity index (χ0) is 14.1. The number of aliphatic hydroxyl groups is 1. The maximum atomic E-state index is 9.56. The van der Waals surface area contributed by atoms with Crippen LogP contribution < -0.4 is 9.80 Å². The molecular formula is C13H20ClN5O. The molecule has 0 bridgehead atoms. The topological polar surface area (TPSA) is 65.4 Å². The highest BCUT2D eigenvalue weighted by molar-refractivity contribution is 6.28. The van der Waals surface area contributed by atoms with Gasteiger partial charge in [-0.15, -0.1) is 0 Å². The Labute approximate surface area is 123 Å². The molecule has 1 aromatic rings. The number of rotatable bonds is 3. The van der Waals surface area contributed by atoms with Gasteiger partial charge < -0.3 is 14.9 Å². The highest BCUT2D eigenvalue weighted by Crippen LogP contribution is 2.29. The van der Waals surface area contributed by atoms with Gasteiger partial charge >= 0.3 is 0 Å². The molecule has 0 radical (unpaired) electrons. The van der Waals surface area contributed by atoms with Crippen LogP contribution in [0.1, 0.15) is 26.2 Å². The van der Waals surface area contributed by atoms with Crippen LogP contribution in [0.15, 0.2) is 0 Å². The van der Waals surface area contributed by atoms with E-state index in [-0.39, 0.29) is 17.9 Å². The number of anilines is 2. The van der Waals surface area contributed by atoms with Crippen molar-refractivity contribution in [1.29, 1.82) is 0 Å². The Bertz CT molecular complexity index is 480. The zero-order valence-corrected chi connectivity index (χ0v) is 12.4. The van der Waals surface area contributed by atoms with E-state index in [0.29, 0.717) is 17.8 Å². The quantitative estimate of drug-likeness (QED) is 0.908. The van der Waals surface area contributed by atoms with E-state index in [1.807, 2.05) is 0 Å². The monoisotopic (exact) mass is 297 g/mol. The average Bonchev–Trinajstić information content (AvgIpc) is 3.06. The molecule has 0 saturated carbocycles. The molecule has 3 rings (SSSR count). The fourth-order valence-electron chi connectivity index (χ4n) is 3.05. The molecule has 2 aliphatic rings. The van der Waals surface area contributed by atoms with E-state index in [4.69, 9.17) is 11.6 Å². The number of hydrogen-bond acceptors (Lipinski definition) is 6. The molecule has 2 aliphatic heterocycles. The predicted molar refractivity (Wildman–Crippen MR) is 78.3 cm³/mol. The summed E-state index contributed by atoms with van der Waals surface area (Å²) in [5.41, 5.74) is 0. The summed E-state index contributed by atoms with van der Waals surface area (Å²) in [4.78, 5) is 17.2. The van der Waals surface area contributed by atoms with Gasteiger partial charge in [0.2, 0.25) is 17.2 Å². The zero-order valence-electron chi connectivity index (χ0n) is 11.7. The van der Waals surface area contributed by atoms with Crippen LogP contribution >= 0.6 is 11.6 Å². The van der Waals surface area contributed by atoms with E-state index in [2.05, 4.69) is 31.7 Å². The minimum absolute atomic E-state index is 0.0693. The Hall–Kier alpha value is -1.14. The Morgan fingerprint density at radius 2 is 1.85 bits per heavy atom. The molecular weight excluding hydrogens is 278 g/mol. The van der Waals surface area contributed by atoms with E-state index in [1.54, 1.807) is 0 Å². The van der Waals surface area contributed by atoms with Gasteiger partial charge in [-0.3, -0.25) is 0 Å². The lowest BCUT2D eigenvalue weighted by Crippen LogP contribution is -2.37. The highest BCUT2D eigenvalue weighted by atomic mass is 35.5. The van der Waals surface area contributed by atoms with Gasteiger partial charge in [0.1, 0.15) is 0 Å². The first-order chi connectivity index (χ1) is 9.69. The Balaban J connectivity index is 1.89. The number of nitrogens with zero attached hydrogens (tertiary/aromatic N) is 5. The number of hydrogen-bond donors (Lipinski definition) is 1. The highest BCUT2D eigenvalue weighted by Gasteiger charge is 2.33. The van der Waals surface area contributed by atoms with Gasteiger partial charge in [0.15, 0.2) is 0 Å². The molecule has 1 N–H and O–H groups in total. The van der Waals surface area contributed by atoms with Gasteiger partial charge in [0.25, 0.3) is 0 Å². The predicted octanol–water partition coefficient (Wildman–Crippen LogP) is 1.33. The minimum Gasteiger partial charge on any atom is -0.394 e. The third-order valence-corrected chi connectivity index (χ3v) is 4.47. The van der Waals surface area contributed by atoms with Crippen molar-refractivity contribution in [3.63, 3.8) is 0 Å². The second-order valence-electron chi connectivity index (χ2n) is 5.61. The number of aromatic nitrogens is 3. The summed E-state index contributed by atoms with van der Waals surface area (Å²) in [6.45, 7) is 5.06. The molecule has 1 aromatic heterocycles. The SMILES string of the molecule is CC1CCN(c2nc(Cl)nc(N3CCCC3)n2)C1CO. The van der Waals surface area contributed by atoms with Crippen molar-refractivity contribution in [3.8, 4) is 0 Å². The van der Waals surface area contributed by atoms with Crippen molar-refractivity contribution in [1.82, 2.24) is 15.0 Å². The van der Waals surface area contributed by atoms with Crippen LogP contribution in [0.5, 0.6) is 0 Å². The molecule has 7 heteroatoms. The van der Waals surface area contributed by atoms with Gasteiger partial charge in [-0.05, 0) is 36.8 Å². The first-order valence-corrected chi connectivity index (χ1v) is 7.61. The summed E-state index contributed by atoms with van der Waals surface area (Å²) in [5, 5.41) is 9.79. The van der Waals surface area contributed by atoms with Crippen LogP contribution in [0, 0.1) is 5.92 Å². The maximum absolute atomic E-state index is 9.56. The molecule has 6 nitrogen and oxygen atoms in total. The van der Waals surface area contributed by atoms with Crippen LogP contribution in [0.25, 0.3) is 0 Å². The lowest BCUT2D eigenvalue weighted by Gasteiger charge is -2.26. The Morgan fingerprint density at radius 3 is 2.55 bits per heavy atom. The fourth-order valence-corrected chi connectivity index (χ4v) is 3.20. The molecule has 0 aliphatic carbocycles.